The number of halogens is 2. The van der Waals surface area contributed by atoms with Crippen LogP contribution >= 0.6 is 11.6 Å². The second-order valence-electron chi connectivity index (χ2n) is 6.74. The van der Waals surface area contributed by atoms with E-state index >= 15 is 0 Å². The van der Waals surface area contributed by atoms with Crippen molar-refractivity contribution in [2.24, 2.45) is 0 Å². The van der Waals surface area contributed by atoms with Gasteiger partial charge in [-0.1, -0.05) is 42.8 Å². The molecular weight excluding hydrogens is 379 g/mol. The first kappa shape index (κ1) is 18.6. The number of carboxylic acids is 1. The van der Waals surface area contributed by atoms with Crippen LogP contribution < -0.4 is 0 Å². The quantitative estimate of drug-likeness (QED) is 0.669. The van der Waals surface area contributed by atoms with Crippen molar-refractivity contribution < 1.29 is 14.3 Å². The van der Waals surface area contributed by atoms with Crippen LogP contribution in [0.5, 0.6) is 0 Å². The number of carbonyl (C=O) groups is 1. The average molecular weight is 397 g/mol. The Morgan fingerprint density at radius 1 is 1.25 bits per heavy atom. The van der Waals surface area contributed by atoms with Gasteiger partial charge in [0.25, 0.3) is 0 Å². The first-order valence-electron chi connectivity index (χ1n) is 9.01. The fourth-order valence-corrected chi connectivity index (χ4v) is 3.89. The van der Waals surface area contributed by atoms with Gasteiger partial charge < -0.3 is 5.11 Å². The molecule has 0 radical (unpaired) electrons. The number of hydrogen-bond donors (Lipinski definition) is 1. The molecule has 0 amide bonds. The highest BCUT2D eigenvalue weighted by molar-refractivity contribution is 6.32. The van der Waals surface area contributed by atoms with Crippen LogP contribution in [0.25, 0.3) is 22.6 Å². The standard InChI is InChI=1S/C22H18ClFN2O2/c1-2-26-11-13(10-15-17(23)7-5-8-18(15)24)21-16(12-26)20(22(27)28)14-6-3-4-9-19(14)25-21/h3-10H,2,11-12H2,1H3,(H,27,28)/b13-10-. The summed E-state index contributed by atoms with van der Waals surface area (Å²) in [7, 11) is 0. The Labute approximate surface area is 166 Å². The van der Waals surface area contributed by atoms with Crippen molar-refractivity contribution in [2.45, 2.75) is 13.5 Å². The maximum atomic E-state index is 14.4. The third-order valence-corrected chi connectivity index (χ3v) is 5.38. The third-order valence-electron chi connectivity index (χ3n) is 5.05. The SMILES string of the molecule is CCN1C/C(=C/c2c(F)cccc2Cl)c2nc3ccccc3c(C(=O)O)c2C1. The molecule has 4 nitrogen and oxygen atoms in total. The molecule has 2 heterocycles. The lowest BCUT2D eigenvalue weighted by Crippen LogP contribution is -2.31. The molecule has 0 spiro atoms. The van der Waals surface area contributed by atoms with E-state index in [1.807, 2.05) is 13.0 Å². The fraction of sp³-hybridized carbons (Fsp3) is 0.182. The van der Waals surface area contributed by atoms with Gasteiger partial charge in [-0.25, -0.2) is 14.2 Å². The van der Waals surface area contributed by atoms with E-state index in [0.29, 0.717) is 40.3 Å². The minimum absolute atomic E-state index is 0.254. The fourth-order valence-electron chi connectivity index (χ4n) is 3.67. The van der Waals surface area contributed by atoms with Crippen LogP contribution in [0.2, 0.25) is 5.02 Å². The van der Waals surface area contributed by atoms with Crippen molar-refractivity contribution in [2.75, 3.05) is 13.1 Å². The van der Waals surface area contributed by atoms with E-state index in [2.05, 4.69) is 4.90 Å². The smallest absolute Gasteiger partial charge is 0.336 e. The Bertz CT molecular complexity index is 1110. The first-order valence-corrected chi connectivity index (χ1v) is 9.39. The molecule has 4 rings (SSSR count). The number of carboxylic acid groups (broad SMARTS) is 1. The van der Waals surface area contributed by atoms with Gasteiger partial charge in [-0.05, 0) is 36.4 Å². The summed E-state index contributed by atoms with van der Waals surface area (Å²) < 4.78 is 14.4. The van der Waals surface area contributed by atoms with Crippen LogP contribution in [0.1, 0.15) is 34.1 Å². The molecule has 0 saturated carbocycles. The number of aromatic carboxylic acids is 1. The molecule has 6 heteroatoms. The van der Waals surface area contributed by atoms with E-state index < -0.39 is 11.8 Å². The monoisotopic (exact) mass is 396 g/mol. The number of pyridine rings is 1. The van der Waals surface area contributed by atoms with Gasteiger partial charge in [-0.3, -0.25) is 4.90 Å². The van der Waals surface area contributed by atoms with E-state index in [1.54, 1.807) is 36.4 Å². The van der Waals surface area contributed by atoms with Crippen LogP contribution in [-0.2, 0) is 6.54 Å². The summed E-state index contributed by atoms with van der Waals surface area (Å²) in [6.07, 6.45) is 1.69. The van der Waals surface area contributed by atoms with Crippen molar-refractivity contribution in [1.82, 2.24) is 9.88 Å². The molecule has 1 aromatic heterocycles. The molecule has 0 bridgehead atoms. The molecule has 1 aliphatic rings. The molecule has 1 aliphatic heterocycles. The van der Waals surface area contributed by atoms with Gasteiger partial charge >= 0.3 is 5.97 Å². The lowest BCUT2D eigenvalue weighted by atomic mass is 9.92. The summed E-state index contributed by atoms with van der Waals surface area (Å²) in [6, 6.07) is 11.7. The predicted molar refractivity (Wildman–Crippen MR) is 109 cm³/mol. The lowest BCUT2D eigenvalue weighted by molar-refractivity contribution is 0.0696. The number of para-hydroxylation sites is 1. The molecule has 0 saturated heterocycles. The van der Waals surface area contributed by atoms with Gasteiger partial charge in [-0.2, -0.15) is 0 Å². The highest BCUT2D eigenvalue weighted by atomic mass is 35.5. The summed E-state index contributed by atoms with van der Waals surface area (Å²) in [5.41, 5.74) is 3.15. The van der Waals surface area contributed by atoms with Crippen molar-refractivity contribution in [1.29, 1.82) is 0 Å². The molecule has 3 aromatic rings. The van der Waals surface area contributed by atoms with E-state index in [1.165, 1.54) is 6.07 Å². The number of likely N-dealkylation sites (N-methyl/N-ethyl adjacent to an activating group) is 1. The minimum Gasteiger partial charge on any atom is -0.478 e. The topological polar surface area (TPSA) is 53.4 Å². The number of nitrogens with zero attached hydrogens (tertiary/aromatic N) is 2. The second-order valence-corrected chi connectivity index (χ2v) is 7.15. The van der Waals surface area contributed by atoms with Gasteiger partial charge in [-0.15, -0.1) is 0 Å². The second kappa shape index (κ2) is 7.34. The summed E-state index contributed by atoms with van der Waals surface area (Å²) in [5.74, 6) is -1.41. The van der Waals surface area contributed by atoms with E-state index in [-0.39, 0.29) is 11.1 Å². The summed E-state index contributed by atoms with van der Waals surface area (Å²) in [4.78, 5) is 19.0. The zero-order valence-corrected chi connectivity index (χ0v) is 16.0. The van der Waals surface area contributed by atoms with Crippen LogP contribution in [0.4, 0.5) is 4.39 Å². The zero-order valence-electron chi connectivity index (χ0n) is 15.2. The van der Waals surface area contributed by atoms with Gasteiger partial charge in [0.05, 0.1) is 21.8 Å². The molecular formula is C22H18ClFN2O2. The van der Waals surface area contributed by atoms with Gasteiger partial charge in [0.2, 0.25) is 0 Å². The molecule has 0 atom stereocenters. The third kappa shape index (κ3) is 3.17. The highest BCUT2D eigenvalue weighted by Gasteiger charge is 2.28. The van der Waals surface area contributed by atoms with Gasteiger partial charge in [0, 0.05) is 29.6 Å². The Hall–Kier alpha value is -2.76. The number of hydrogen-bond acceptors (Lipinski definition) is 3. The molecule has 0 unspecified atom stereocenters. The highest BCUT2D eigenvalue weighted by Crippen LogP contribution is 2.35. The van der Waals surface area contributed by atoms with Crippen LogP contribution in [0.15, 0.2) is 42.5 Å². The molecule has 1 N–H and O–H groups in total. The summed E-state index contributed by atoms with van der Waals surface area (Å²) >= 11 is 6.21. The lowest BCUT2D eigenvalue weighted by Gasteiger charge is -2.30. The van der Waals surface area contributed by atoms with Gasteiger partial charge in [0.1, 0.15) is 5.82 Å². The summed E-state index contributed by atoms with van der Waals surface area (Å²) in [6.45, 7) is 3.76. The molecule has 0 fully saturated rings. The number of fused-ring (bicyclic) bond motifs is 2. The Kier molecular flexibility index (Phi) is 4.87. The average Bonchev–Trinajstić information content (AvgIpc) is 2.68. The number of aromatic nitrogens is 1. The minimum atomic E-state index is -0.990. The van der Waals surface area contributed by atoms with Crippen LogP contribution in [0, 0.1) is 5.82 Å². The van der Waals surface area contributed by atoms with Crippen molar-refractivity contribution in [3.05, 3.63) is 75.7 Å². The van der Waals surface area contributed by atoms with Crippen LogP contribution in [-0.4, -0.2) is 34.0 Å². The Balaban J connectivity index is 2.02. The number of rotatable bonds is 3. The molecule has 0 aliphatic carbocycles. The summed E-state index contributed by atoms with van der Waals surface area (Å²) in [5, 5.41) is 10.8. The first-order chi connectivity index (χ1) is 13.5. The van der Waals surface area contributed by atoms with Crippen molar-refractivity contribution in [3.63, 3.8) is 0 Å². The predicted octanol–water partition coefficient (Wildman–Crippen LogP) is 5.10. The van der Waals surface area contributed by atoms with E-state index in [4.69, 9.17) is 16.6 Å². The molecule has 28 heavy (non-hydrogen) atoms. The van der Waals surface area contributed by atoms with Crippen molar-refractivity contribution in [3.8, 4) is 0 Å². The van der Waals surface area contributed by atoms with Crippen molar-refractivity contribution >= 4 is 40.1 Å². The maximum Gasteiger partial charge on any atom is 0.336 e. The number of benzene rings is 2. The van der Waals surface area contributed by atoms with E-state index in [9.17, 15) is 14.3 Å². The largest absolute Gasteiger partial charge is 0.478 e. The van der Waals surface area contributed by atoms with Crippen LogP contribution in [0.3, 0.4) is 0 Å². The zero-order chi connectivity index (χ0) is 19.8. The maximum absolute atomic E-state index is 14.4. The Morgan fingerprint density at radius 3 is 2.75 bits per heavy atom. The molecule has 142 valence electrons. The normalized spacial score (nSPS) is 15.8. The van der Waals surface area contributed by atoms with Gasteiger partial charge in [0.15, 0.2) is 0 Å². The molecule has 2 aromatic carbocycles. The Morgan fingerprint density at radius 2 is 2.04 bits per heavy atom. The van der Waals surface area contributed by atoms with E-state index in [0.717, 1.165) is 12.1 Å².